The second-order valence-electron chi connectivity index (χ2n) is 6.79. The Balaban J connectivity index is 1.75. The summed E-state index contributed by atoms with van der Waals surface area (Å²) in [7, 11) is 0. The summed E-state index contributed by atoms with van der Waals surface area (Å²) in [4.78, 5) is 0. The van der Waals surface area contributed by atoms with Crippen LogP contribution in [0.2, 0.25) is 0 Å². The van der Waals surface area contributed by atoms with Crippen LogP contribution in [0, 0.1) is 35.2 Å². The number of rotatable bonds is 5. The van der Waals surface area contributed by atoms with Crippen molar-refractivity contribution in [3.8, 4) is 17.6 Å². The summed E-state index contributed by atoms with van der Waals surface area (Å²) < 4.78 is 82.0. The molecule has 0 aliphatic carbocycles. The fourth-order valence-corrected chi connectivity index (χ4v) is 3.06. The van der Waals surface area contributed by atoms with Gasteiger partial charge in [-0.2, -0.15) is 8.78 Å². The molecule has 3 rings (SSSR count). The summed E-state index contributed by atoms with van der Waals surface area (Å²) in [5.74, 6) is 1.42. The number of ether oxygens (including phenoxy) is 3. The highest BCUT2D eigenvalue weighted by Crippen LogP contribution is 2.29. The molecule has 1 heterocycles. The third-order valence-electron chi connectivity index (χ3n) is 4.48. The normalized spacial score (nSPS) is 18.8. The zero-order valence-corrected chi connectivity index (χ0v) is 16.1. The van der Waals surface area contributed by atoms with E-state index < -0.39 is 41.7 Å². The van der Waals surface area contributed by atoms with Gasteiger partial charge in [0.25, 0.3) is 0 Å². The largest absolute Gasteiger partial charge is 0.432 e. The minimum Gasteiger partial charge on any atom is -0.432 e. The van der Waals surface area contributed by atoms with Crippen molar-refractivity contribution < 1.29 is 36.2 Å². The molecule has 8 heteroatoms. The van der Waals surface area contributed by atoms with Crippen molar-refractivity contribution in [3.63, 3.8) is 0 Å². The van der Waals surface area contributed by atoms with Gasteiger partial charge in [-0.1, -0.05) is 25.2 Å². The van der Waals surface area contributed by atoms with Gasteiger partial charge in [-0.05, 0) is 36.8 Å². The molecule has 2 aromatic rings. The van der Waals surface area contributed by atoms with E-state index in [0.29, 0.717) is 13.2 Å². The number of alkyl halides is 2. The molecule has 0 aromatic heterocycles. The van der Waals surface area contributed by atoms with Crippen molar-refractivity contribution >= 4 is 0 Å². The summed E-state index contributed by atoms with van der Waals surface area (Å²) in [5.41, 5.74) is -0.269. The van der Waals surface area contributed by atoms with Crippen LogP contribution < -0.4 is 4.74 Å². The maximum Gasteiger partial charge on any atom is 0.387 e. The highest BCUT2D eigenvalue weighted by Gasteiger charge is 2.25. The van der Waals surface area contributed by atoms with E-state index in [1.54, 1.807) is 0 Å². The van der Waals surface area contributed by atoms with Crippen LogP contribution in [-0.4, -0.2) is 19.8 Å². The Labute approximate surface area is 170 Å². The van der Waals surface area contributed by atoms with E-state index >= 15 is 0 Å². The van der Waals surface area contributed by atoms with E-state index in [1.165, 1.54) is 6.07 Å². The third-order valence-corrected chi connectivity index (χ3v) is 4.48. The molecule has 160 valence electrons. The zero-order chi connectivity index (χ0) is 21.7. The fraction of sp³-hybridized carbons (Fsp3) is 0.364. The molecule has 0 spiro atoms. The predicted molar refractivity (Wildman–Crippen MR) is 98.4 cm³/mol. The number of benzene rings is 2. The van der Waals surface area contributed by atoms with Gasteiger partial charge in [0.1, 0.15) is 11.6 Å². The van der Waals surface area contributed by atoms with E-state index in [9.17, 15) is 22.0 Å². The van der Waals surface area contributed by atoms with Gasteiger partial charge in [0, 0.05) is 17.0 Å². The van der Waals surface area contributed by atoms with Crippen molar-refractivity contribution in [1.29, 1.82) is 0 Å². The molecule has 0 radical (unpaired) electrons. The average Bonchev–Trinajstić information content (AvgIpc) is 2.70. The first kappa shape index (κ1) is 22.1. The summed E-state index contributed by atoms with van der Waals surface area (Å²) >= 11 is 0. The van der Waals surface area contributed by atoms with Gasteiger partial charge in [0.2, 0.25) is 0 Å². The number of hydrogen-bond donors (Lipinski definition) is 0. The Hall–Kier alpha value is -2.63. The van der Waals surface area contributed by atoms with E-state index in [4.69, 9.17) is 9.47 Å². The monoisotopic (exact) mass is 426 g/mol. The third kappa shape index (κ3) is 5.49. The standard InChI is InChI=1S/C22H19F5O3/c1-2-3-14-11-28-21(29-12-14)15-9-17(23)16(18(24)10-15)6-4-13-5-7-20(19(25)8-13)30-22(26)27/h5,7-10,14,21-22H,2-3,11-12H2,1H3/t14-,21-. The summed E-state index contributed by atoms with van der Waals surface area (Å²) in [5, 5.41) is 0. The Morgan fingerprint density at radius 2 is 1.67 bits per heavy atom. The summed E-state index contributed by atoms with van der Waals surface area (Å²) in [6, 6.07) is 5.17. The number of halogens is 5. The highest BCUT2D eigenvalue weighted by atomic mass is 19.3. The van der Waals surface area contributed by atoms with Gasteiger partial charge < -0.3 is 14.2 Å². The number of hydrogen-bond acceptors (Lipinski definition) is 3. The fourth-order valence-electron chi connectivity index (χ4n) is 3.06. The molecule has 1 aliphatic heterocycles. The first-order valence-corrected chi connectivity index (χ1v) is 9.36. The van der Waals surface area contributed by atoms with Crippen LogP contribution in [0.25, 0.3) is 0 Å². The summed E-state index contributed by atoms with van der Waals surface area (Å²) in [6.07, 6.45) is 1.07. The van der Waals surface area contributed by atoms with Gasteiger partial charge in [-0.15, -0.1) is 0 Å². The molecule has 1 aliphatic rings. The van der Waals surface area contributed by atoms with Crippen LogP contribution in [0.5, 0.6) is 5.75 Å². The van der Waals surface area contributed by atoms with Crippen LogP contribution in [0.15, 0.2) is 30.3 Å². The Bertz CT molecular complexity index is 921. The van der Waals surface area contributed by atoms with Crippen molar-refractivity contribution in [3.05, 3.63) is 64.5 Å². The Morgan fingerprint density at radius 3 is 2.23 bits per heavy atom. The molecule has 3 nitrogen and oxygen atoms in total. The van der Waals surface area contributed by atoms with E-state index in [2.05, 4.69) is 23.5 Å². The lowest BCUT2D eigenvalue weighted by molar-refractivity contribution is -0.206. The molecule has 30 heavy (non-hydrogen) atoms. The first-order valence-electron chi connectivity index (χ1n) is 9.36. The van der Waals surface area contributed by atoms with E-state index in [-0.39, 0.29) is 17.0 Å². The molecule has 2 aromatic carbocycles. The van der Waals surface area contributed by atoms with Gasteiger partial charge in [-0.25, -0.2) is 13.2 Å². The van der Waals surface area contributed by atoms with Gasteiger partial charge >= 0.3 is 6.61 Å². The second kappa shape index (κ2) is 9.92. The molecular formula is C22H19F5O3. The topological polar surface area (TPSA) is 27.7 Å². The maximum absolute atomic E-state index is 14.4. The molecule has 0 unspecified atom stereocenters. The van der Waals surface area contributed by atoms with Gasteiger partial charge in [0.15, 0.2) is 17.9 Å². The lowest BCUT2D eigenvalue weighted by atomic mass is 10.0. The molecule has 0 atom stereocenters. The van der Waals surface area contributed by atoms with Crippen LogP contribution in [0.4, 0.5) is 22.0 Å². The highest BCUT2D eigenvalue weighted by molar-refractivity contribution is 5.46. The minimum atomic E-state index is -3.17. The van der Waals surface area contributed by atoms with Gasteiger partial charge in [-0.3, -0.25) is 0 Å². The quantitative estimate of drug-likeness (QED) is 0.462. The first-order chi connectivity index (χ1) is 14.4. The molecule has 0 bridgehead atoms. The van der Waals surface area contributed by atoms with E-state index in [1.807, 2.05) is 0 Å². The lowest BCUT2D eigenvalue weighted by Crippen LogP contribution is -2.27. The molecule has 0 N–H and O–H groups in total. The Morgan fingerprint density at radius 1 is 1.00 bits per heavy atom. The van der Waals surface area contributed by atoms with Crippen LogP contribution in [-0.2, 0) is 9.47 Å². The molecule has 1 saturated heterocycles. The van der Waals surface area contributed by atoms with Crippen molar-refractivity contribution in [2.75, 3.05) is 13.2 Å². The maximum atomic E-state index is 14.4. The van der Waals surface area contributed by atoms with E-state index in [0.717, 1.165) is 37.1 Å². The van der Waals surface area contributed by atoms with Crippen LogP contribution in [0.1, 0.15) is 42.7 Å². The predicted octanol–water partition coefficient (Wildman–Crippen LogP) is 5.57. The molecular weight excluding hydrogens is 407 g/mol. The average molecular weight is 426 g/mol. The second-order valence-corrected chi connectivity index (χ2v) is 6.79. The Kier molecular flexibility index (Phi) is 7.29. The van der Waals surface area contributed by atoms with Crippen molar-refractivity contribution in [1.82, 2.24) is 0 Å². The molecule has 0 saturated carbocycles. The molecule has 0 amide bonds. The smallest absolute Gasteiger partial charge is 0.387 e. The summed E-state index contributed by atoms with van der Waals surface area (Å²) in [6.45, 7) is -0.232. The van der Waals surface area contributed by atoms with Gasteiger partial charge in [0.05, 0.1) is 18.8 Å². The lowest BCUT2D eigenvalue weighted by Gasteiger charge is -2.29. The SMILES string of the molecule is CCC[C@H]1CO[C@H](c2cc(F)c(C#Cc3ccc(OC(F)F)c(F)c3)c(F)c2)OC1. The van der Waals surface area contributed by atoms with Crippen LogP contribution in [0.3, 0.4) is 0 Å². The van der Waals surface area contributed by atoms with Crippen molar-refractivity contribution in [2.45, 2.75) is 32.7 Å². The van der Waals surface area contributed by atoms with Crippen LogP contribution >= 0.6 is 0 Å². The minimum absolute atomic E-state index is 0.0397. The zero-order valence-electron chi connectivity index (χ0n) is 16.1. The van der Waals surface area contributed by atoms with Crippen molar-refractivity contribution in [2.24, 2.45) is 5.92 Å². The molecule has 1 fully saturated rings.